The number of nitrogens with one attached hydrogen (secondary N) is 2. The first kappa shape index (κ1) is 19.0. The van der Waals surface area contributed by atoms with E-state index in [0.29, 0.717) is 29.2 Å². The largest absolute Gasteiger partial charge is 0.492 e. The summed E-state index contributed by atoms with van der Waals surface area (Å²) in [6.07, 6.45) is 0. The monoisotopic (exact) mass is 382 g/mol. The molecule has 0 atom stereocenters. The summed E-state index contributed by atoms with van der Waals surface area (Å²) >= 11 is 1.45. The van der Waals surface area contributed by atoms with Crippen LogP contribution >= 0.6 is 11.8 Å². The van der Waals surface area contributed by atoms with Crippen LogP contribution in [0.3, 0.4) is 0 Å². The van der Waals surface area contributed by atoms with Gasteiger partial charge in [0.05, 0.1) is 18.0 Å². The van der Waals surface area contributed by atoms with Crippen molar-refractivity contribution in [3.05, 3.63) is 70.0 Å². The highest BCUT2D eigenvalue weighted by molar-refractivity contribution is 7.99. The van der Waals surface area contributed by atoms with Crippen LogP contribution in [-0.4, -0.2) is 23.3 Å². The molecular weight excluding hydrogens is 360 g/mol. The maximum atomic E-state index is 12.2. The number of anilines is 1. The van der Waals surface area contributed by atoms with Crippen LogP contribution in [0.1, 0.15) is 18.2 Å². The number of hydrogen-bond acceptors (Lipinski definition) is 4. The normalized spacial score (nSPS) is 10.7. The van der Waals surface area contributed by atoms with E-state index in [-0.39, 0.29) is 17.1 Å². The number of carbonyl (C=O) groups excluding carboxylic acids is 1. The molecular formula is C21H22N2O3S. The topological polar surface area (TPSA) is 71.2 Å². The molecule has 6 heteroatoms. The van der Waals surface area contributed by atoms with Gasteiger partial charge in [0, 0.05) is 28.4 Å². The molecule has 0 saturated carbocycles. The summed E-state index contributed by atoms with van der Waals surface area (Å²) in [5, 5.41) is 3.55. The molecule has 0 aliphatic rings. The number of pyridine rings is 1. The number of aryl methyl sites for hydroxylation is 1. The SMILES string of the molecule is CCOc1ccccc1NC(=O)CSCc1cc(=O)c2ccc(C)cc2[nH]1. The minimum absolute atomic E-state index is 0.00515. The maximum Gasteiger partial charge on any atom is 0.234 e. The van der Waals surface area contributed by atoms with Crippen molar-refractivity contribution in [3.8, 4) is 5.75 Å². The van der Waals surface area contributed by atoms with Crippen molar-refractivity contribution in [1.29, 1.82) is 0 Å². The zero-order valence-electron chi connectivity index (χ0n) is 15.4. The fourth-order valence-corrected chi connectivity index (χ4v) is 3.53. The number of fused-ring (bicyclic) bond motifs is 1. The lowest BCUT2D eigenvalue weighted by atomic mass is 10.1. The van der Waals surface area contributed by atoms with Crippen LogP contribution in [-0.2, 0) is 10.5 Å². The average molecular weight is 382 g/mol. The van der Waals surface area contributed by atoms with Crippen molar-refractivity contribution in [1.82, 2.24) is 4.98 Å². The molecule has 0 spiro atoms. The zero-order chi connectivity index (χ0) is 19.2. The van der Waals surface area contributed by atoms with Gasteiger partial charge in [-0.05, 0) is 43.7 Å². The summed E-state index contributed by atoms with van der Waals surface area (Å²) in [5.74, 6) is 1.40. The van der Waals surface area contributed by atoms with Crippen LogP contribution in [0.15, 0.2) is 53.3 Å². The second-order valence-corrected chi connectivity index (χ2v) is 7.16. The van der Waals surface area contributed by atoms with Crippen LogP contribution in [0.2, 0.25) is 0 Å². The average Bonchev–Trinajstić information content (AvgIpc) is 2.63. The van der Waals surface area contributed by atoms with Gasteiger partial charge in [0.15, 0.2) is 5.43 Å². The minimum atomic E-state index is -0.105. The van der Waals surface area contributed by atoms with Crippen molar-refractivity contribution in [3.63, 3.8) is 0 Å². The highest BCUT2D eigenvalue weighted by Crippen LogP contribution is 2.24. The number of aromatic amines is 1. The Labute approximate surface area is 162 Å². The van der Waals surface area contributed by atoms with Gasteiger partial charge < -0.3 is 15.0 Å². The summed E-state index contributed by atoms with van der Waals surface area (Å²) in [5.41, 5.74) is 3.39. The standard InChI is InChI=1S/C21H22N2O3S/c1-3-26-20-7-5-4-6-17(20)23-21(25)13-27-12-15-11-19(24)16-9-8-14(2)10-18(16)22-15/h4-11H,3,12-13H2,1-2H3,(H,22,24)(H,23,25). The zero-order valence-corrected chi connectivity index (χ0v) is 16.2. The highest BCUT2D eigenvalue weighted by atomic mass is 32.2. The summed E-state index contributed by atoms with van der Waals surface area (Å²) in [6, 6.07) is 14.7. The van der Waals surface area contributed by atoms with Crippen molar-refractivity contribution in [2.24, 2.45) is 0 Å². The molecule has 0 radical (unpaired) electrons. The number of amides is 1. The third-order valence-corrected chi connectivity index (χ3v) is 4.97. The predicted octanol–water partition coefficient (Wildman–Crippen LogP) is 4.11. The molecule has 0 aliphatic heterocycles. The van der Waals surface area contributed by atoms with E-state index in [1.165, 1.54) is 11.8 Å². The molecule has 3 rings (SSSR count). The molecule has 0 aliphatic carbocycles. The molecule has 0 bridgehead atoms. The van der Waals surface area contributed by atoms with Gasteiger partial charge in [0.1, 0.15) is 5.75 Å². The van der Waals surface area contributed by atoms with Gasteiger partial charge in [-0.3, -0.25) is 9.59 Å². The number of para-hydroxylation sites is 2. The number of benzene rings is 2. The van der Waals surface area contributed by atoms with Crippen molar-refractivity contribution in [2.45, 2.75) is 19.6 Å². The Morgan fingerprint density at radius 3 is 2.81 bits per heavy atom. The molecule has 140 valence electrons. The lowest BCUT2D eigenvalue weighted by molar-refractivity contribution is -0.113. The van der Waals surface area contributed by atoms with Crippen molar-refractivity contribution in [2.75, 3.05) is 17.7 Å². The molecule has 1 aromatic heterocycles. The molecule has 27 heavy (non-hydrogen) atoms. The molecule has 5 nitrogen and oxygen atoms in total. The van der Waals surface area contributed by atoms with E-state index in [1.807, 2.05) is 56.3 Å². The summed E-state index contributed by atoms with van der Waals surface area (Å²) in [6.45, 7) is 4.43. The lowest BCUT2D eigenvalue weighted by Crippen LogP contribution is -2.15. The van der Waals surface area contributed by atoms with Gasteiger partial charge in [-0.25, -0.2) is 0 Å². The summed E-state index contributed by atoms with van der Waals surface area (Å²) in [4.78, 5) is 27.7. The van der Waals surface area contributed by atoms with Crippen LogP contribution < -0.4 is 15.5 Å². The van der Waals surface area contributed by atoms with E-state index in [9.17, 15) is 9.59 Å². The van der Waals surface area contributed by atoms with Crippen LogP contribution in [0, 0.1) is 6.92 Å². The molecule has 0 unspecified atom stereocenters. The lowest BCUT2D eigenvalue weighted by Gasteiger charge is -2.11. The first-order valence-electron chi connectivity index (χ1n) is 8.79. The maximum absolute atomic E-state index is 12.2. The summed E-state index contributed by atoms with van der Waals surface area (Å²) < 4.78 is 5.51. The van der Waals surface area contributed by atoms with Gasteiger partial charge in [0.2, 0.25) is 5.91 Å². The molecule has 1 heterocycles. The van der Waals surface area contributed by atoms with Gasteiger partial charge in [-0.2, -0.15) is 0 Å². The molecule has 2 N–H and O–H groups in total. The first-order chi connectivity index (χ1) is 13.1. The molecule has 2 aromatic carbocycles. The Morgan fingerprint density at radius 1 is 1.19 bits per heavy atom. The fraction of sp³-hybridized carbons (Fsp3) is 0.238. The number of H-pyrrole nitrogens is 1. The van der Waals surface area contributed by atoms with Crippen molar-refractivity contribution < 1.29 is 9.53 Å². The third-order valence-electron chi connectivity index (χ3n) is 3.99. The summed E-state index contributed by atoms with van der Waals surface area (Å²) in [7, 11) is 0. The Hall–Kier alpha value is -2.73. The highest BCUT2D eigenvalue weighted by Gasteiger charge is 2.08. The molecule has 0 fully saturated rings. The molecule has 1 amide bonds. The quantitative estimate of drug-likeness (QED) is 0.645. The first-order valence-corrected chi connectivity index (χ1v) is 9.94. The number of thioether (sulfide) groups is 1. The minimum Gasteiger partial charge on any atom is -0.492 e. The van der Waals surface area contributed by atoms with E-state index in [2.05, 4.69) is 10.3 Å². The number of rotatable bonds is 7. The fourth-order valence-electron chi connectivity index (χ4n) is 2.79. The van der Waals surface area contributed by atoms with Gasteiger partial charge >= 0.3 is 0 Å². The molecule has 0 saturated heterocycles. The predicted molar refractivity (Wildman–Crippen MR) is 112 cm³/mol. The van der Waals surface area contributed by atoms with Crippen molar-refractivity contribution >= 4 is 34.3 Å². The van der Waals surface area contributed by atoms with Gasteiger partial charge in [-0.15, -0.1) is 11.8 Å². The van der Waals surface area contributed by atoms with Crippen LogP contribution in [0.25, 0.3) is 10.9 Å². The Balaban J connectivity index is 1.60. The Morgan fingerprint density at radius 2 is 2.00 bits per heavy atom. The van der Waals surface area contributed by atoms with E-state index in [1.54, 1.807) is 6.07 Å². The Kier molecular flexibility index (Phi) is 6.19. The van der Waals surface area contributed by atoms with Gasteiger partial charge in [-0.1, -0.05) is 18.2 Å². The van der Waals surface area contributed by atoms with Gasteiger partial charge in [0.25, 0.3) is 0 Å². The Bertz CT molecular complexity index is 1010. The van der Waals surface area contributed by atoms with E-state index < -0.39 is 0 Å². The van der Waals surface area contributed by atoms with E-state index in [0.717, 1.165) is 16.8 Å². The number of hydrogen-bond donors (Lipinski definition) is 2. The smallest absolute Gasteiger partial charge is 0.234 e. The number of ether oxygens (including phenoxy) is 1. The third kappa shape index (κ3) is 4.92. The molecule has 3 aromatic rings. The van der Waals surface area contributed by atoms with Crippen LogP contribution in [0.5, 0.6) is 5.75 Å². The van der Waals surface area contributed by atoms with E-state index in [4.69, 9.17) is 4.74 Å². The van der Waals surface area contributed by atoms with E-state index >= 15 is 0 Å². The number of aromatic nitrogens is 1. The second-order valence-electron chi connectivity index (χ2n) is 6.18. The number of carbonyl (C=O) groups is 1. The van der Waals surface area contributed by atoms with Crippen LogP contribution in [0.4, 0.5) is 5.69 Å². The second kappa shape index (κ2) is 8.77.